The Morgan fingerprint density at radius 3 is 2.69 bits per heavy atom. The molecule has 1 aromatic rings. The SMILES string of the molecule is CNCc1nc(C)cc(C2CCCCC2)n1. The number of nitrogens with zero attached hydrogens (tertiary/aromatic N) is 2. The molecule has 16 heavy (non-hydrogen) atoms. The molecule has 0 atom stereocenters. The van der Waals surface area contributed by atoms with Crippen LogP contribution in [0, 0.1) is 6.92 Å². The van der Waals surface area contributed by atoms with E-state index in [9.17, 15) is 0 Å². The van der Waals surface area contributed by atoms with Crippen LogP contribution in [0.4, 0.5) is 0 Å². The predicted molar refractivity (Wildman–Crippen MR) is 65.4 cm³/mol. The normalized spacial score (nSPS) is 17.6. The van der Waals surface area contributed by atoms with E-state index in [-0.39, 0.29) is 0 Å². The van der Waals surface area contributed by atoms with Gasteiger partial charge in [-0.3, -0.25) is 0 Å². The number of rotatable bonds is 3. The number of hydrogen-bond acceptors (Lipinski definition) is 3. The molecule has 0 aromatic carbocycles. The van der Waals surface area contributed by atoms with Crippen LogP contribution >= 0.6 is 0 Å². The summed E-state index contributed by atoms with van der Waals surface area (Å²) in [6.45, 7) is 2.83. The summed E-state index contributed by atoms with van der Waals surface area (Å²) in [6.07, 6.45) is 6.71. The lowest BCUT2D eigenvalue weighted by Gasteiger charge is -2.21. The Morgan fingerprint density at radius 2 is 2.00 bits per heavy atom. The zero-order valence-corrected chi connectivity index (χ0v) is 10.3. The van der Waals surface area contributed by atoms with E-state index < -0.39 is 0 Å². The highest BCUT2D eigenvalue weighted by Crippen LogP contribution is 2.31. The van der Waals surface area contributed by atoms with Crippen molar-refractivity contribution in [1.82, 2.24) is 15.3 Å². The lowest BCUT2D eigenvalue weighted by Crippen LogP contribution is -2.14. The maximum Gasteiger partial charge on any atom is 0.142 e. The second-order valence-corrected chi connectivity index (χ2v) is 4.72. The Balaban J connectivity index is 2.18. The summed E-state index contributed by atoms with van der Waals surface area (Å²) in [6, 6.07) is 2.16. The van der Waals surface area contributed by atoms with Crippen molar-refractivity contribution in [3.63, 3.8) is 0 Å². The molecule has 1 aliphatic carbocycles. The van der Waals surface area contributed by atoms with Crippen molar-refractivity contribution >= 4 is 0 Å². The molecule has 1 aromatic heterocycles. The molecular formula is C13H21N3. The molecule has 1 heterocycles. The Labute approximate surface area is 97.7 Å². The van der Waals surface area contributed by atoms with Gasteiger partial charge in [0.25, 0.3) is 0 Å². The molecule has 0 radical (unpaired) electrons. The Morgan fingerprint density at radius 1 is 1.25 bits per heavy atom. The van der Waals surface area contributed by atoms with E-state index in [4.69, 9.17) is 0 Å². The van der Waals surface area contributed by atoms with Crippen molar-refractivity contribution in [3.8, 4) is 0 Å². The van der Waals surface area contributed by atoms with Crippen molar-refractivity contribution in [2.75, 3.05) is 7.05 Å². The molecule has 0 amide bonds. The average Bonchev–Trinajstić information content (AvgIpc) is 2.30. The maximum absolute atomic E-state index is 4.67. The van der Waals surface area contributed by atoms with Gasteiger partial charge in [-0.05, 0) is 32.9 Å². The molecule has 1 fully saturated rings. The molecule has 3 heteroatoms. The third-order valence-corrected chi connectivity index (χ3v) is 3.28. The van der Waals surface area contributed by atoms with E-state index in [1.165, 1.54) is 37.8 Å². The predicted octanol–water partition coefficient (Wildman–Crippen LogP) is 2.55. The van der Waals surface area contributed by atoms with Crippen LogP contribution in [-0.4, -0.2) is 17.0 Å². The summed E-state index contributed by atoms with van der Waals surface area (Å²) in [5, 5.41) is 3.12. The summed E-state index contributed by atoms with van der Waals surface area (Å²) in [5.74, 6) is 1.61. The molecule has 0 spiro atoms. The largest absolute Gasteiger partial charge is 0.313 e. The number of aromatic nitrogens is 2. The summed E-state index contributed by atoms with van der Waals surface area (Å²) >= 11 is 0. The Hall–Kier alpha value is -0.960. The van der Waals surface area contributed by atoms with Crippen LogP contribution in [0.15, 0.2) is 6.07 Å². The first kappa shape index (κ1) is 11.5. The van der Waals surface area contributed by atoms with E-state index >= 15 is 0 Å². The van der Waals surface area contributed by atoms with E-state index in [2.05, 4.69) is 28.3 Å². The van der Waals surface area contributed by atoms with E-state index in [0.717, 1.165) is 18.1 Å². The van der Waals surface area contributed by atoms with Crippen molar-refractivity contribution in [2.24, 2.45) is 0 Å². The number of hydrogen-bond donors (Lipinski definition) is 1. The van der Waals surface area contributed by atoms with E-state index in [0.29, 0.717) is 5.92 Å². The smallest absolute Gasteiger partial charge is 0.142 e. The maximum atomic E-state index is 4.67. The Bertz CT molecular complexity index is 343. The molecule has 1 saturated carbocycles. The number of aryl methyl sites for hydroxylation is 1. The quantitative estimate of drug-likeness (QED) is 0.849. The molecule has 0 aliphatic heterocycles. The summed E-state index contributed by atoms with van der Waals surface area (Å²) in [5.41, 5.74) is 2.36. The van der Waals surface area contributed by atoms with Gasteiger partial charge in [0.1, 0.15) is 5.82 Å². The highest BCUT2D eigenvalue weighted by molar-refractivity contribution is 5.15. The molecule has 3 nitrogen and oxygen atoms in total. The van der Waals surface area contributed by atoms with Gasteiger partial charge in [0, 0.05) is 17.3 Å². The average molecular weight is 219 g/mol. The standard InChI is InChI=1S/C13H21N3/c1-10-8-12(11-6-4-3-5-7-11)16-13(15-10)9-14-2/h8,11,14H,3-7,9H2,1-2H3. The second-order valence-electron chi connectivity index (χ2n) is 4.72. The fourth-order valence-electron chi connectivity index (χ4n) is 2.50. The van der Waals surface area contributed by atoms with Crippen LogP contribution in [0.25, 0.3) is 0 Å². The van der Waals surface area contributed by atoms with Gasteiger partial charge in [0.2, 0.25) is 0 Å². The van der Waals surface area contributed by atoms with Crippen LogP contribution in [-0.2, 0) is 6.54 Å². The third kappa shape index (κ3) is 2.79. The third-order valence-electron chi connectivity index (χ3n) is 3.28. The van der Waals surface area contributed by atoms with Gasteiger partial charge in [-0.2, -0.15) is 0 Å². The topological polar surface area (TPSA) is 37.8 Å². The first-order chi connectivity index (χ1) is 7.79. The minimum Gasteiger partial charge on any atom is -0.313 e. The summed E-state index contributed by atoms with van der Waals surface area (Å²) in [7, 11) is 1.94. The van der Waals surface area contributed by atoms with Gasteiger partial charge in [-0.1, -0.05) is 19.3 Å². The van der Waals surface area contributed by atoms with Crippen molar-refractivity contribution < 1.29 is 0 Å². The van der Waals surface area contributed by atoms with Crippen LogP contribution in [0.5, 0.6) is 0 Å². The molecule has 0 unspecified atom stereocenters. The molecule has 0 bridgehead atoms. The zero-order valence-electron chi connectivity index (χ0n) is 10.3. The van der Waals surface area contributed by atoms with Crippen molar-refractivity contribution in [2.45, 2.75) is 51.5 Å². The van der Waals surface area contributed by atoms with E-state index in [1.807, 2.05) is 7.05 Å². The van der Waals surface area contributed by atoms with Crippen LogP contribution in [0.2, 0.25) is 0 Å². The van der Waals surface area contributed by atoms with Crippen molar-refractivity contribution in [3.05, 3.63) is 23.3 Å². The molecular weight excluding hydrogens is 198 g/mol. The Kier molecular flexibility index (Phi) is 3.88. The molecule has 88 valence electrons. The molecule has 0 saturated heterocycles. The van der Waals surface area contributed by atoms with Gasteiger partial charge in [-0.15, -0.1) is 0 Å². The first-order valence-electron chi connectivity index (χ1n) is 6.28. The summed E-state index contributed by atoms with van der Waals surface area (Å²) < 4.78 is 0. The van der Waals surface area contributed by atoms with Gasteiger partial charge in [0.15, 0.2) is 0 Å². The van der Waals surface area contributed by atoms with Crippen LogP contribution < -0.4 is 5.32 Å². The van der Waals surface area contributed by atoms with E-state index in [1.54, 1.807) is 0 Å². The lowest BCUT2D eigenvalue weighted by molar-refractivity contribution is 0.434. The first-order valence-corrected chi connectivity index (χ1v) is 6.28. The fourth-order valence-corrected chi connectivity index (χ4v) is 2.50. The lowest BCUT2D eigenvalue weighted by atomic mass is 9.86. The monoisotopic (exact) mass is 219 g/mol. The minimum absolute atomic E-state index is 0.672. The fraction of sp³-hybridized carbons (Fsp3) is 0.692. The van der Waals surface area contributed by atoms with Crippen LogP contribution in [0.1, 0.15) is 55.2 Å². The van der Waals surface area contributed by atoms with Gasteiger partial charge in [0.05, 0.1) is 6.54 Å². The minimum atomic E-state index is 0.672. The van der Waals surface area contributed by atoms with Crippen LogP contribution in [0.3, 0.4) is 0 Å². The summed E-state index contributed by atoms with van der Waals surface area (Å²) in [4.78, 5) is 9.12. The van der Waals surface area contributed by atoms with Gasteiger partial charge in [-0.25, -0.2) is 9.97 Å². The zero-order chi connectivity index (χ0) is 11.4. The highest BCUT2D eigenvalue weighted by Gasteiger charge is 2.17. The van der Waals surface area contributed by atoms with Gasteiger partial charge < -0.3 is 5.32 Å². The molecule has 1 N–H and O–H groups in total. The molecule has 1 aliphatic rings. The van der Waals surface area contributed by atoms with Gasteiger partial charge >= 0.3 is 0 Å². The number of nitrogens with one attached hydrogen (secondary N) is 1. The van der Waals surface area contributed by atoms with Crippen molar-refractivity contribution in [1.29, 1.82) is 0 Å². The molecule has 2 rings (SSSR count). The highest BCUT2D eigenvalue weighted by atomic mass is 15.0. The second kappa shape index (κ2) is 5.39.